The van der Waals surface area contributed by atoms with Crippen molar-refractivity contribution in [1.82, 2.24) is 30.1 Å². The van der Waals surface area contributed by atoms with Gasteiger partial charge >= 0.3 is 0 Å². The van der Waals surface area contributed by atoms with Gasteiger partial charge in [-0.15, -0.1) is 5.10 Å². The molecule has 1 unspecified atom stereocenters. The van der Waals surface area contributed by atoms with Crippen molar-refractivity contribution in [3.63, 3.8) is 0 Å². The van der Waals surface area contributed by atoms with E-state index < -0.39 is 0 Å². The Morgan fingerprint density at radius 2 is 1.86 bits per heavy atom. The van der Waals surface area contributed by atoms with Crippen molar-refractivity contribution < 1.29 is 0 Å². The van der Waals surface area contributed by atoms with Crippen LogP contribution in [0.3, 0.4) is 0 Å². The maximum absolute atomic E-state index is 13.3. The lowest BCUT2D eigenvalue weighted by Gasteiger charge is -2.31. The van der Waals surface area contributed by atoms with Crippen LogP contribution in [0.2, 0.25) is 0 Å². The van der Waals surface area contributed by atoms with Crippen LogP contribution < -0.4 is 5.56 Å². The van der Waals surface area contributed by atoms with E-state index in [0.717, 1.165) is 53.5 Å². The maximum Gasteiger partial charge on any atom is 0.252 e. The van der Waals surface area contributed by atoms with Gasteiger partial charge in [0.1, 0.15) is 0 Å². The molecule has 1 fully saturated rings. The van der Waals surface area contributed by atoms with Crippen molar-refractivity contribution in [2.24, 2.45) is 0 Å². The van der Waals surface area contributed by atoms with Gasteiger partial charge in [-0.3, -0.25) is 9.69 Å². The Hall–Kier alpha value is -3.32. The summed E-state index contributed by atoms with van der Waals surface area (Å²) in [5.74, 6) is 0.920. The van der Waals surface area contributed by atoms with Crippen LogP contribution in [-0.4, -0.2) is 30.1 Å². The summed E-state index contributed by atoms with van der Waals surface area (Å²) in [4.78, 5) is 18.8. The number of H-pyrrole nitrogens is 1. The molecule has 0 bridgehead atoms. The molecule has 188 valence electrons. The number of hydrogen-bond donors (Lipinski definition) is 1. The number of aryl methyl sites for hydroxylation is 2. The first-order valence-electron chi connectivity index (χ1n) is 13.2. The summed E-state index contributed by atoms with van der Waals surface area (Å²) >= 11 is 0. The van der Waals surface area contributed by atoms with Crippen LogP contribution in [0.4, 0.5) is 0 Å². The molecule has 36 heavy (non-hydrogen) atoms. The molecule has 2 heterocycles. The van der Waals surface area contributed by atoms with Crippen LogP contribution in [0.5, 0.6) is 0 Å². The molecule has 1 N–H and O–H groups in total. The van der Waals surface area contributed by atoms with Gasteiger partial charge in [0.15, 0.2) is 5.82 Å². The summed E-state index contributed by atoms with van der Waals surface area (Å²) in [6.07, 6.45) is 6.61. The van der Waals surface area contributed by atoms with E-state index in [-0.39, 0.29) is 11.6 Å². The zero-order chi connectivity index (χ0) is 25.1. The minimum atomic E-state index is -0.0295. The third-order valence-corrected chi connectivity index (χ3v) is 7.46. The van der Waals surface area contributed by atoms with Crippen LogP contribution in [-0.2, 0) is 13.1 Å². The molecule has 2 aromatic heterocycles. The van der Waals surface area contributed by atoms with Gasteiger partial charge in [-0.1, -0.05) is 68.1 Å². The van der Waals surface area contributed by atoms with Gasteiger partial charge in [0.2, 0.25) is 0 Å². The maximum atomic E-state index is 13.3. The lowest BCUT2D eigenvalue weighted by atomic mass is 10.0. The Bertz CT molecular complexity index is 1370. The first kappa shape index (κ1) is 24.4. The molecular formula is C29H36N6O. The molecule has 4 aromatic rings. The molecular weight excluding hydrogens is 448 g/mol. The highest BCUT2D eigenvalue weighted by molar-refractivity contribution is 5.82. The van der Waals surface area contributed by atoms with E-state index in [9.17, 15) is 4.79 Å². The number of tetrazole rings is 1. The summed E-state index contributed by atoms with van der Waals surface area (Å²) in [7, 11) is 0. The molecule has 1 saturated carbocycles. The highest BCUT2D eigenvalue weighted by Gasteiger charge is 2.30. The van der Waals surface area contributed by atoms with E-state index in [4.69, 9.17) is 0 Å². The number of hydrogen-bond acceptors (Lipinski definition) is 5. The van der Waals surface area contributed by atoms with Crippen molar-refractivity contribution in [3.05, 3.63) is 87.0 Å². The van der Waals surface area contributed by atoms with E-state index >= 15 is 0 Å². The van der Waals surface area contributed by atoms with Crippen molar-refractivity contribution in [2.45, 2.75) is 84.5 Å². The number of pyridine rings is 1. The standard InChI is InChI=1S/C29H36N6O/c1-4-10-26(28-31-32-33-35(28)25-13-8-9-14-25)34(18-22-11-6-5-7-12-22)19-24-17-23-16-20(2)15-21(3)27(23)30-29(24)36/h5-7,11-12,15-17,25-26H,4,8-10,13-14,18-19H2,1-3H3,(H,30,36). The number of rotatable bonds is 9. The Kier molecular flexibility index (Phi) is 7.28. The van der Waals surface area contributed by atoms with Gasteiger partial charge in [0, 0.05) is 18.7 Å². The largest absolute Gasteiger partial charge is 0.321 e. The van der Waals surface area contributed by atoms with Gasteiger partial charge in [-0.25, -0.2) is 4.68 Å². The summed E-state index contributed by atoms with van der Waals surface area (Å²) < 4.78 is 2.07. The fourth-order valence-electron chi connectivity index (χ4n) is 5.74. The third kappa shape index (κ3) is 5.12. The zero-order valence-electron chi connectivity index (χ0n) is 21.6. The van der Waals surface area contributed by atoms with Crippen LogP contribution in [0.1, 0.15) is 85.6 Å². The molecule has 0 amide bonds. The minimum absolute atomic E-state index is 0.0140. The number of nitrogens with one attached hydrogen (secondary N) is 1. The second kappa shape index (κ2) is 10.7. The highest BCUT2D eigenvalue weighted by Crippen LogP contribution is 2.34. The molecule has 7 heteroatoms. The number of nitrogens with zero attached hydrogens (tertiary/aromatic N) is 5. The Balaban J connectivity index is 1.56. The van der Waals surface area contributed by atoms with E-state index in [1.165, 1.54) is 24.0 Å². The average molecular weight is 485 g/mol. The second-order valence-corrected chi connectivity index (χ2v) is 10.3. The molecule has 0 spiro atoms. The summed E-state index contributed by atoms with van der Waals surface area (Å²) in [6.45, 7) is 7.58. The molecule has 1 aliphatic carbocycles. The van der Waals surface area contributed by atoms with E-state index in [2.05, 4.69) is 86.4 Å². The normalized spacial score (nSPS) is 15.2. The number of fused-ring (bicyclic) bond motifs is 1. The molecule has 2 aromatic carbocycles. The lowest BCUT2D eigenvalue weighted by molar-refractivity contribution is 0.153. The third-order valence-electron chi connectivity index (χ3n) is 7.46. The Morgan fingerprint density at radius 3 is 2.61 bits per heavy atom. The quantitative estimate of drug-likeness (QED) is 0.325. The summed E-state index contributed by atoms with van der Waals surface area (Å²) in [5.41, 5.74) is 5.15. The van der Waals surface area contributed by atoms with E-state index in [0.29, 0.717) is 19.1 Å². The van der Waals surface area contributed by atoms with Crippen molar-refractivity contribution in [2.75, 3.05) is 0 Å². The second-order valence-electron chi connectivity index (χ2n) is 10.3. The number of aromatic nitrogens is 5. The lowest BCUT2D eigenvalue weighted by Crippen LogP contribution is -2.33. The van der Waals surface area contributed by atoms with Crippen LogP contribution in [0.15, 0.2) is 53.3 Å². The molecule has 5 rings (SSSR count). The predicted molar refractivity (Wildman–Crippen MR) is 143 cm³/mol. The molecule has 7 nitrogen and oxygen atoms in total. The molecule has 0 radical (unpaired) electrons. The molecule has 0 saturated heterocycles. The average Bonchev–Trinajstić information content (AvgIpc) is 3.56. The smallest absolute Gasteiger partial charge is 0.252 e. The van der Waals surface area contributed by atoms with E-state index in [1.54, 1.807) is 0 Å². The van der Waals surface area contributed by atoms with Crippen molar-refractivity contribution in [3.8, 4) is 0 Å². The number of benzene rings is 2. The highest BCUT2D eigenvalue weighted by atomic mass is 16.1. The van der Waals surface area contributed by atoms with Crippen LogP contribution in [0.25, 0.3) is 10.9 Å². The Labute approximate surface area is 212 Å². The van der Waals surface area contributed by atoms with Gasteiger partial charge in [-0.05, 0) is 72.2 Å². The SMILES string of the molecule is CCCC(c1nnnn1C1CCCC1)N(Cc1ccccc1)Cc1cc2cc(C)cc(C)c2[nH]c1=O. The zero-order valence-corrected chi connectivity index (χ0v) is 21.6. The topological polar surface area (TPSA) is 79.7 Å². The fraction of sp³-hybridized carbons (Fsp3) is 0.448. The molecule has 1 atom stereocenters. The fourth-order valence-corrected chi connectivity index (χ4v) is 5.74. The monoisotopic (exact) mass is 484 g/mol. The predicted octanol–water partition coefficient (Wildman–Crippen LogP) is 5.79. The molecule has 0 aliphatic heterocycles. The summed E-state index contributed by atoms with van der Waals surface area (Å²) in [5, 5.41) is 14.2. The number of aromatic amines is 1. The first-order chi connectivity index (χ1) is 17.5. The van der Waals surface area contributed by atoms with Crippen molar-refractivity contribution >= 4 is 10.9 Å². The van der Waals surface area contributed by atoms with Crippen LogP contribution in [0, 0.1) is 13.8 Å². The molecule has 1 aliphatic rings. The van der Waals surface area contributed by atoms with E-state index in [1.807, 2.05) is 13.0 Å². The van der Waals surface area contributed by atoms with Gasteiger partial charge in [0.05, 0.1) is 17.6 Å². The van der Waals surface area contributed by atoms with Gasteiger partial charge in [-0.2, -0.15) is 0 Å². The van der Waals surface area contributed by atoms with Crippen molar-refractivity contribution in [1.29, 1.82) is 0 Å². The van der Waals surface area contributed by atoms with Gasteiger partial charge in [0.25, 0.3) is 5.56 Å². The Morgan fingerprint density at radius 1 is 1.08 bits per heavy atom. The first-order valence-corrected chi connectivity index (χ1v) is 13.2. The van der Waals surface area contributed by atoms with Gasteiger partial charge < -0.3 is 4.98 Å². The minimum Gasteiger partial charge on any atom is -0.321 e. The summed E-state index contributed by atoms with van der Waals surface area (Å²) in [6, 6.07) is 17.2. The van der Waals surface area contributed by atoms with Crippen LogP contribution >= 0.6 is 0 Å².